The normalized spacial score (nSPS) is 23.4. The average molecular weight is 575 g/mol. The number of piperidine rings is 1. The zero-order valence-electron chi connectivity index (χ0n) is 23.6. The van der Waals surface area contributed by atoms with Crippen LogP contribution in [0, 0.1) is 6.92 Å². The molecular weight excluding hydrogens is 537 g/mol. The van der Waals surface area contributed by atoms with Crippen molar-refractivity contribution >= 4 is 17.5 Å². The first-order chi connectivity index (χ1) is 19.6. The van der Waals surface area contributed by atoms with Crippen molar-refractivity contribution in [2.24, 2.45) is 0 Å². The van der Waals surface area contributed by atoms with Crippen molar-refractivity contribution in [2.75, 3.05) is 68.8 Å². The molecule has 1 amide bonds. The zero-order valence-corrected chi connectivity index (χ0v) is 23.6. The summed E-state index contributed by atoms with van der Waals surface area (Å²) < 4.78 is 49.0. The molecule has 1 atom stereocenters. The predicted octanol–water partition coefficient (Wildman–Crippen LogP) is 2.86. The maximum atomic E-state index is 13.9. The van der Waals surface area contributed by atoms with E-state index in [4.69, 9.17) is 4.74 Å². The number of hydrogen-bond donors (Lipinski definition) is 0. The van der Waals surface area contributed by atoms with E-state index in [1.807, 2.05) is 27.8 Å². The summed E-state index contributed by atoms with van der Waals surface area (Å²) in [6.45, 7) is 13.5. The summed E-state index contributed by atoms with van der Waals surface area (Å²) in [6.07, 6.45) is 0.223. The molecule has 6 rings (SSSR count). The third-order valence-electron chi connectivity index (χ3n) is 8.97. The number of carbonyl (C=O) groups is 1. The smallest absolute Gasteiger partial charge is 0.377 e. The van der Waals surface area contributed by atoms with E-state index in [1.165, 1.54) is 11.8 Å². The van der Waals surface area contributed by atoms with Crippen molar-refractivity contribution in [3.63, 3.8) is 0 Å². The summed E-state index contributed by atoms with van der Waals surface area (Å²) in [4.78, 5) is 27.9. The maximum Gasteiger partial charge on any atom is 0.451 e. The number of anilines is 2. The topological polar surface area (TPSA) is 82.9 Å². The highest BCUT2D eigenvalue weighted by atomic mass is 19.4. The van der Waals surface area contributed by atoms with Crippen LogP contribution in [0.2, 0.25) is 0 Å². The van der Waals surface area contributed by atoms with Gasteiger partial charge in [0.2, 0.25) is 11.7 Å². The molecule has 4 aliphatic rings. The molecule has 0 radical (unpaired) electrons. The molecule has 41 heavy (non-hydrogen) atoms. The van der Waals surface area contributed by atoms with Gasteiger partial charge in [-0.05, 0) is 38.3 Å². The van der Waals surface area contributed by atoms with Gasteiger partial charge in [-0.25, -0.2) is 9.97 Å². The van der Waals surface area contributed by atoms with Gasteiger partial charge in [0.15, 0.2) is 0 Å². The number of piperazine rings is 1. The fraction of sp³-hybridized carbons (Fsp3) is 0.643. The fourth-order valence-corrected chi connectivity index (χ4v) is 6.51. The van der Waals surface area contributed by atoms with E-state index < -0.39 is 12.0 Å². The number of alkyl halides is 3. The number of rotatable bonds is 6. The van der Waals surface area contributed by atoms with Crippen LogP contribution in [0.25, 0.3) is 0 Å². The third kappa shape index (κ3) is 5.41. The Labute approximate surface area is 237 Å². The first kappa shape index (κ1) is 28.0. The first-order valence-electron chi connectivity index (χ1n) is 14.4. The molecule has 6 heterocycles. The van der Waals surface area contributed by atoms with Crippen molar-refractivity contribution in [2.45, 2.75) is 56.9 Å². The minimum Gasteiger partial charge on any atom is -0.377 e. The summed E-state index contributed by atoms with van der Waals surface area (Å²) in [6, 6.07) is 2.22. The summed E-state index contributed by atoms with van der Waals surface area (Å²) in [5, 5.41) is 4.58. The lowest BCUT2D eigenvalue weighted by molar-refractivity contribution is -0.144. The molecule has 0 aliphatic carbocycles. The van der Waals surface area contributed by atoms with Crippen molar-refractivity contribution < 1.29 is 22.7 Å². The van der Waals surface area contributed by atoms with Crippen molar-refractivity contribution in [3.05, 3.63) is 42.0 Å². The highest BCUT2D eigenvalue weighted by Gasteiger charge is 2.40. The van der Waals surface area contributed by atoms with Crippen molar-refractivity contribution in [1.29, 1.82) is 0 Å². The molecule has 4 saturated heterocycles. The van der Waals surface area contributed by atoms with Crippen LogP contribution < -0.4 is 9.80 Å². The van der Waals surface area contributed by atoms with Gasteiger partial charge in [0.05, 0.1) is 25.5 Å². The van der Waals surface area contributed by atoms with Gasteiger partial charge in [0.1, 0.15) is 11.6 Å². The molecule has 0 N–H and O–H groups in total. The number of nitrogens with zero attached hydrogens (tertiary/aromatic N) is 8. The molecule has 222 valence electrons. The number of aromatic nitrogens is 4. The Morgan fingerprint density at radius 2 is 1.71 bits per heavy atom. The number of halogens is 3. The van der Waals surface area contributed by atoms with Crippen molar-refractivity contribution in [3.8, 4) is 0 Å². The molecule has 4 aliphatic heterocycles. The van der Waals surface area contributed by atoms with E-state index in [-0.39, 0.29) is 24.0 Å². The fourth-order valence-electron chi connectivity index (χ4n) is 6.51. The van der Waals surface area contributed by atoms with Gasteiger partial charge in [0, 0.05) is 75.6 Å². The van der Waals surface area contributed by atoms with Gasteiger partial charge in [-0.1, -0.05) is 6.58 Å². The van der Waals surface area contributed by atoms with Crippen LogP contribution in [0.5, 0.6) is 0 Å². The third-order valence-corrected chi connectivity index (χ3v) is 8.97. The Morgan fingerprint density at radius 3 is 2.29 bits per heavy atom. The van der Waals surface area contributed by atoms with E-state index in [1.54, 1.807) is 6.07 Å². The Morgan fingerprint density at radius 1 is 1.02 bits per heavy atom. The quantitative estimate of drug-likeness (QED) is 0.488. The van der Waals surface area contributed by atoms with Gasteiger partial charge < -0.3 is 19.4 Å². The van der Waals surface area contributed by atoms with Gasteiger partial charge in [-0.3, -0.25) is 14.4 Å². The van der Waals surface area contributed by atoms with Crippen LogP contribution in [-0.2, 0) is 15.7 Å². The predicted molar refractivity (Wildman–Crippen MR) is 147 cm³/mol. The van der Waals surface area contributed by atoms with Crippen LogP contribution in [0.3, 0.4) is 0 Å². The molecule has 0 bridgehead atoms. The van der Waals surface area contributed by atoms with Crippen LogP contribution in [0.1, 0.15) is 48.8 Å². The van der Waals surface area contributed by atoms with Crippen LogP contribution in [-0.4, -0.2) is 107 Å². The first-order valence-corrected chi connectivity index (χ1v) is 14.4. The number of ether oxygens (including phenoxy) is 1. The Bertz CT molecular complexity index is 1280. The number of carbonyl (C=O) groups excluding carboxylic acids is 1. The van der Waals surface area contributed by atoms with Crippen LogP contribution >= 0.6 is 0 Å². The second-order valence-corrected chi connectivity index (χ2v) is 11.7. The number of aryl methyl sites for hydroxylation is 1. The maximum absolute atomic E-state index is 13.9. The molecule has 13 heteroatoms. The van der Waals surface area contributed by atoms with Gasteiger partial charge in [0.25, 0.3) is 0 Å². The number of amides is 1. The van der Waals surface area contributed by atoms with Crippen LogP contribution in [0.15, 0.2) is 24.9 Å². The summed E-state index contributed by atoms with van der Waals surface area (Å²) in [7, 11) is 0. The van der Waals surface area contributed by atoms with E-state index in [0.29, 0.717) is 63.5 Å². The van der Waals surface area contributed by atoms with Gasteiger partial charge in [-0.15, -0.1) is 0 Å². The SMILES string of the molecule is C=CC(=O)N1CCN(C2CN(c3cc(N4CCC(c5c(C)cnn5C5COC5)CC4)nc(C(F)(F)F)n3)C2)C[C@H]1C. The van der Waals surface area contributed by atoms with Crippen molar-refractivity contribution in [1.82, 2.24) is 29.5 Å². The second-order valence-electron chi connectivity index (χ2n) is 11.7. The lowest BCUT2D eigenvalue weighted by Gasteiger charge is -2.50. The van der Waals surface area contributed by atoms with Gasteiger partial charge in [-0.2, -0.15) is 18.3 Å². The largest absolute Gasteiger partial charge is 0.451 e. The monoisotopic (exact) mass is 574 g/mol. The van der Waals surface area contributed by atoms with E-state index in [2.05, 4.69) is 38.2 Å². The molecule has 2 aromatic rings. The summed E-state index contributed by atoms with van der Waals surface area (Å²) in [5.41, 5.74) is 2.36. The molecule has 0 aromatic carbocycles. The molecular formula is C28H37F3N8O2. The standard InChI is InChI=1S/C28H37F3N8O2/c1-4-25(40)38-10-9-36(13-19(38)3)21-14-37(15-21)24-11-23(33-27(34-24)28(29,30)31)35-7-5-20(6-8-35)26-18(2)12-32-39(26)22-16-41-17-22/h4,11-12,19-22H,1,5-10,13-17H2,2-3H3/t19-/m1/s1. The average Bonchev–Trinajstić information content (AvgIpc) is 3.26. The Balaban J connectivity index is 1.12. The summed E-state index contributed by atoms with van der Waals surface area (Å²) >= 11 is 0. The highest BCUT2D eigenvalue weighted by Crippen LogP contribution is 2.37. The highest BCUT2D eigenvalue weighted by molar-refractivity contribution is 5.87. The zero-order chi connectivity index (χ0) is 28.9. The molecule has 0 spiro atoms. The van der Waals surface area contributed by atoms with E-state index in [9.17, 15) is 18.0 Å². The molecule has 2 aromatic heterocycles. The lowest BCUT2D eigenvalue weighted by atomic mass is 9.91. The molecule has 0 unspecified atom stereocenters. The van der Waals surface area contributed by atoms with E-state index in [0.717, 1.165) is 31.5 Å². The Hall–Kier alpha value is -3.19. The molecule has 4 fully saturated rings. The van der Waals surface area contributed by atoms with E-state index >= 15 is 0 Å². The minimum atomic E-state index is -4.63. The minimum absolute atomic E-state index is 0.0539. The second kappa shape index (κ2) is 10.9. The molecule has 0 saturated carbocycles. The molecule has 10 nitrogen and oxygen atoms in total. The Kier molecular flexibility index (Phi) is 7.43. The lowest BCUT2D eigenvalue weighted by Crippen LogP contribution is -2.65. The van der Waals surface area contributed by atoms with Gasteiger partial charge >= 0.3 is 6.18 Å². The summed E-state index contributed by atoms with van der Waals surface area (Å²) in [5.74, 6) is -0.239. The number of hydrogen-bond acceptors (Lipinski definition) is 8. The van der Waals surface area contributed by atoms with Crippen LogP contribution in [0.4, 0.5) is 24.8 Å².